The van der Waals surface area contributed by atoms with Gasteiger partial charge in [0.25, 0.3) is 0 Å². The van der Waals surface area contributed by atoms with Crippen molar-refractivity contribution >= 4 is 17.4 Å². The van der Waals surface area contributed by atoms with Crippen LogP contribution in [0.2, 0.25) is 0 Å². The minimum atomic E-state index is -4.48. The Morgan fingerprint density at radius 2 is 1.78 bits per heavy atom. The Hall–Kier alpha value is -2.60. The Labute approximate surface area is 159 Å². The fraction of sp³-hybridized carbons (Fsp3) is 0.200. The van der Waals surface area contributed by atoms with E-state index in [0.29, 0.717) is 12.3 Å². The van der Waals surface area contributed by atoms with Crippen LogP contribution in [-0.4, -0.2) is 21.9 Å². The van der Waals surface area contributed by atoms with Crippen molar-refractivity contribution in [3.8, 4) is 0 Å². The zero-order chi connectivity index (χ0) is 19.0. The van der Waals surface area contributed by atoms with Crippen LogP contribution in [0.4, 0.5) is 13.2 Å². The molecule has 3 heterocycles. The highest BCUT2D eigenvalue weighted by Crippen LogP contribution is 2.43. The Kier molecular flexibility index (Phi) is 4.52. The second-order valence-electron chi connectivity index (χ2n) is 6.37. The van der Waals surface area contributed by atoms with E-state index in [1.165, 1.54) is 4.90 Å². The second-order valence-corrected chi connectivity index (χ2v) is 6.77. The summed E-state index contributed by atoms with van der Waals surface area (Å²) in [6, 6.07) is 14.3. The summed E-state index contributed by atoms with van der Waals surface area (Å²) >= 11 is 6.22. The molecule has 0 aliphatic carbocycles. The van der Waals surface area contributed by atoms with Crippen molar-refractivity contribution in [2.45, 2.75) is 24.7 Å². The van der Waals surface area contributed by atoms with Crippen molar-refractivity contribution in [3.63, 3.8) is 0 Å². The number of benzene rings is 1. The molecule has 0 radical (unpaired) electrons. The van der Waals surface area contributed by atoms with E-state index < -0.39 is 11.7 Å². The molecule has 2 unspecified atom stereocenters. The molecule has 0 saturated carbocycles. The van der Waals surface area contributed by atoms with Crippen LogP contribution in [0.1, 0.15) is 29.8 Å². The number of aliphatic imine (C=N–C) groups is 1. The molecule has 2 aliphatic heterocycles. The average molecular weight is 390 g/mol. The number of amidine groups is 1. The predicted octanol–water partition coefficient (Wildman–Crippen LogP) is 5.55. The zero-order valence-electron chi connectivity index (χ0n) is 14.1. The summed E-state index contributed by atoms with van der Waals surface area (Å²) in [7, 11) is 0. The molecule has 0 fully saturated rings. The highest BCUT2D eigenvalue weighted by atomic mass is 35.5. The highest BCUT2D eigenvalue weighted by Gasteiger charge is 2.40. The van der Waals surface area contributed by atoms with Gasteiger partial charge in [0.05, 0.1) is 28.4 Å². The van der Waals surface area contributed by atoms with E-state index in [4.69, 9.17) is 11.6 Å². The molecule has 0 N–H and O–H groups in total. The third kappa shape index (κ3) is 3.49. The van der Waals surface area contributed by atoms with Crippen LogP contribution in [0.25, 0.3) is 0 Å². The Bertz CT molecular complexity index is 920. The number of halogens is 4. The van der Waals surface area contributed by atoms with Crippen LogP contribution in [0.3, 0.4) is 0 Å². The lowest BCUT2D eigenvalue weighted by Crippen LogP contribution is -2.39. The van der Waals surface area contributed by atoms with E-state index in [2.05, 4.69) is 9.98 Å². The van der Waals surface area contributed by atoms with Crippen LogP contribution < -0.4 is 0 Å². The smallest absolute Gasteiger partial charge is 0.324 e. The van der Waals surface area contributed by atoms with E-state index in [9.17, 15) is 13.2 Å². The van der Waals surface area contributed by atoms with Gasteiger partial charge in [-0.15, -0.1) is 0 Å². The van der Waals surface area contributed by atoms with Gasteiger partial charge in [0.15, 0.2) is 0 Å². The molecule has 27 heavy (non-hydrogen) atoms. The van der Waals surface area contributed by atoms with Gasteiger partial charge in [-0.25, -0.2) is 0 Å². The Morgan fingerprint density at radius 3 is 2.44 bits per heavy atom. The average Bonchev–Trinajstić information content (AvgIpc) is 2.68. The number of nitrogens with zero attached hydrogens (tertiary/aromatic N) is 3. The number of fused-ring (bicyclic) bond motifs is 1. The van der Waals surface area contributed by atoms with Crippen molar-refractivity contribution in [2.75, 3.05) is 0 Å². The first-order valence-corrected chi connectivity index (χ1v) is 8.80. The summed E-state index contributed by atoms with van der Waals surface area (Å²) in [4.78, 5) is 10.5. The molecule has 0 amide bonds. The lowest BCUT2D eigenvalue weighted by Gasteiger charge is -2.40. The SMILES string of the molecule is FC(F)(F)C1=CN2C(=NC(c3ccccn3)CC2c2ccccc2)C(Cl)=C1. The lowest BCUT2D eigenvalue weighted by molar-refractivity contribution is -0.0893. The molecule has 2 aliphatic rings. The fourth-order valence-corrected chi connectivity index (χ4v) is 3.61. The van der Waals surface area contributed by atoms with Crippen LogP contribution in [0.5, 0.6) is 0 Å². The second kappa shape index (κ2) is 6.85. The summed E-state index contributed by atoms with van der Waals surface area (Å²) < 4.78 is 39.9. The molecule has 1 aromatic heterocycles. The number of rotatable bonds is 2. The van der Waals surface area contributed by atoms with E-state index in [1.807, 2.05) is 48.5 Å². The number of aromatic nitrogens is 1. The van der Waals surface area contributed by atoms with Gasteiger partial charge in [0, 0.05) is 18.8 Å². The first-order chi connectivity index (χ1) is 12.9. The van der Waals surface area contributed by atoms with Crippen LogP contribution in [0.15, 0.2) is 82.6 Å². The van der Waals surface area contributed by atoms with Crippen LogP contribution in [-0.2, 0) is 0 Å². The molecule has 0 spiro atoms. The normalized spacial score (nSPS) is 22.5. The summed E-state index contributed by atoms with van der Waals surface area (Å²) in [5.74, 6) is 0.334. The molecular formula is C20H15ClF3N3. The van der Waals surface area contributed by atoms with Crippen molar-refractivity contribution in [1.29, 1.82) is 0 Å². The van der Waals surface area contributed by atoms with Gasteiger partial charge in [-0.05, 0) is 23.8 Å². The first-order valence-electron chi connectivity index (χ1n) is 8.42. The van der Waals surface area contributed by atoms with E-state index >= 15 is 0 Å². The molecule has 0 saturated heterocycles. The molecule has 1 aromatic carbocycles. The van der Waals surface area contributed by atoms with Crippen molar-refractivity contribution < 1.29 is 13.2 Å². The first kappa shape index (κ1) is 17.8. The third-order valence-corrected chi connectivity index (χ3v) is 4.90. The standard InChI is InChI=1S/C20H15ClF3N3/c21-15-10-14(20(22,23)24)12-27-18(13-6-2-1-3-7-13)11-17(26-19(15)27)16-8-4-5-9-25-16/h1-10,12,17-18H,11H2. The number of alkyl halides is 3. The van der Waals surface area contributed by atoms with Crippen molar-refractivity contribution in [1.82, 2.24) is 9.88 Å². The van der Waals surface area contributed by atoms with Crippen molar-refractivity contribution in [3.05, 3.63) is 88.9 Å². The molecule has 4 rings (SSSR count). The maximum Gasteiger partial charge on any atom is 0.417 e. The van der Waals surface area contributed by atoms with Gasteiger partial charge in [0.1, 0.15) is 5.84 Å². The molecule has 0 bridgehead atoms. The fourth-order valence-electron chi connectivity index (χ4n) is 3.35. The maximum absolute atomic E-state index is 13.3. The van der Waals surface area contributed by atoms with E-state index in [1.54, 1.807) is 6.20 Å². The monoisotopic (exact) mass is 389 g/mol. The molecule has 7 heteroatoms. The van der Waals surface area contributed by atoms with Gasteiger partial charge in [-0.2, -0.15) is 13.2 Å². The summed E-state index contributed by atoms with van der Waals surface area (Å²) in [6.07, 6.45) is -0.281. The molecular weight excluding hydrogens is 375 g/mol. The Morgan fingerprint density at radius 1 is 1.04 bits per heavy atom. The molecule has 138 valence electrons. The maximum atomic E-state index is 13.3. The minimum Gasteiger partial charge on any atom is -0.324 e. The van der Waals surface area contributed by atoms with Crippen molar-refractivity contribution in [2.24, 2.45) is 4.99 Å². The molecule has 2 aromatic rings. The largest absolute Gasteiger partial charge is 0.417 e. The summed E-state index contributed by atoms with van der Waals surface area (Å²) in [5.41, 5.74) is 0.874. The van der Waals surface area contributed by atoms with Crippen LogP contribution in [0, 0.1) is 0 Å². The van der Waals surface area contributed by atoms with Gasteiger partial charge < -0.3 is 4.90 Å². The van der Waals surface area contributed by atoms with Gasteiger partial charge in [-0.3, -0.25) is 9.98 Å². The number of hydrogen-bond acceptors (Lipinski definition) is 3. The number of hydrogen-bond donors (Lipinski definition) is 0. The lowest BCUT2D eigenvalue weighted by atomic mass is 9.93. The number of allylic oxidation sites excluding steroid dienone is 2. The van der Waals surface area contributed by atoms with E-state index in [0.717, 1.165) is 23.5 Å². The molecule has 3 nitrogen and oxygen atoms in total. The summed E-state index contributed by atoms with van der Waals surface area (Å²) in [5, 5.41) is -0.0219. The quantitative estimate of drug-likeness (QED) is 0.673. The topological polar surface area (TPSA) is 28.5 Å². The third-order valence-electron chi connectivity index (χ3n) is 4.62. The number of pyridine rings is 1. The van der Waals surface area contributed by atoms with Gasteiger partial charge in [0.2, 0.25) is 0 Å². The van der Waals surface area contributed by atoms with E-state index in [-0.39, 0.29) is 17.1 Å². The molecule has 2 atom stereocenters. The predicted molar refractivity (Wildman–Crippen MR) is 98.1 cm³/mol. The zero-order valence-corrected chi connectivity index (χ0v) is 14.8. The summed E-state index contributed by atoms with van der Waals surface area (Å²) in [6.45, 7) is 0. The highest BCUT2D eigenvalue weighted by molar-refractivity contribution is 6.43. The van der Waals surface area contributed by atoms with Gasteiger partial charge in [-0.1, -0.05) is 48.0 Å². The van der Waals surface area contributed by atoms with Crippen LogP contribution >= 0.6 is 11.6 Å². The Balaban J connectivity index is 1.82. The van der Waals surface area contributed by atoms with Gasteiger partial charge >= 0.3 is 6.18 Å². The minimum absolute atomic E-state index is 0.0219.